The molecule has 0 saturated carbocycles. The van der Waals surface area contributed by atoms with Crippen molar-refractivity contribution in [3.8, 4) is 5.75 Å². The van der Waals surface area contributed by atoms with E-state index in [4.69, 9.17) is 4.74 Å². The van der Waals surface area contributed by atoms with Gasteiger partial charge in [-0.1, -0.05) is 74.0 Å². The first kappa shape index (κ1) is 16.5. The fourth-order valence-corrected chi connectivity index (χ4v) is 2.90. The number of hydrogen-bond acceptors (Lipinski definition) is 2. The number of hydrogen-bond donors (Lipinski definition) is 1. The van der Waals surface area contributed by atoms with Crippen LogP contribution in [0.15, 0.2) is 60.7 Å². The van der Waals surface area contributed by atoms with E-state index in [0.717, 1.165) is 12.3 Å². The second-order valence-electron chi connectivity index (χ2n) is 6.58. The molecule has 0 aliphatic rings. The molecule has 2 nitrogen and oxygen atoms in total. The van der Waals surface area contributed by atoms with Gasteiger partial charge >= 0.3 is 0 Å². The van der Waals surface area contributed by atoms with Crippen molar-refractivity contribution in [1.29, 1.82) is 0 Å². The van der Waals surface area contributed by atoms with Gasteiger partial charge in [-0.3, -0.25) is 0 Å². The molecule has 2 heteroatoms. The van der Waals surface area contributed by atoms with Crippen molar-refractivity contribution in [3.63, 3.8) is 0 Å². The third-order valence-corrected chi connectivity index (χ3v) is 4.16. The summed E-state index contributed by atoms with van der Waals surface area (Å²) in [5.41, 5.74) is 3.69. The van der Waals surface area contributed by atoms with E-state index >= 15 is 0 Å². The van der Waals surface area contributed by atoms with Crippen LogP contribution in [-0.4, -0.2) is 6.04 Å². The SMILES string of the molecule is Cc1cccc(COc2ccc3ccccc3c2CNC(C)C)c1. The van der Waals surface area contributed by atoms with Crippen molar-refractivity contribution in [2.75, 3.05) is 0 Å². The van der Waals surface area contributed by atoms with Crippen LogP contribution in [-0.2, 0) is 13.2 Å². The Morgan fingerprint density at radius 2 is 1.79 bits per heavy atom. The van der Waals surface area contributed by atoms with E-state index in [1.165, 1.54) is 27.5 Å². The van der Waals surface area contributed by atoms with E-state index in [1.807, 2.05) is 0 Å². The van der Waals surface area contributed by atoms with Gasteiger partial charge < -0.3 is 10.1 Å². The summed E-state index contributed by atoms with van der Waals surface area (Å²) >= 11 is 0. The molecule has 0 heterocycles. The molecule has 0 amide bonds. The first-order chi connectivity index (χ1) is 11.6. The third kappa shape index (κ3) is 3.95. The standard InChI is InChI=1S/C22H25NO/c1-16(2)23-14-21-20-10-5-4-9-19(20)11-12-22(21)24-15-18-8-6-7-17(3)13-18/h4-13,16,23H,14-15H2,1-3H3. The lowest BCUT2D eigenvalue weighted by molar-refractivity contribution is 0.302. The maximum Gasteiger partial charge on any atom is 0.124 e. The molecule has 124 valence electrons. The Morgan fingerprint density at radius 1 is 0.958 bits per heavy atom. The summed E-state index contributed by atoms with van der Waals surface area (Å²) < 4.78 is 6.18. The molecule has 3 aromatic rings. The minimum Gasteiger partial charge on any atom is -0.489 e. The van der Waals surface area contributed by atoms with Gasteiger partial charge in [-0.25, -0.2) is 0 Å². The third-order valence-electron chi connectivity index (χ3n) is 4.16. The molecule has 0 unspecified atom stereocenters. The van der Waals surface area contributed by atoms with Crippen LogP contribution in [0.25, 0.3) is 10.8 Å². The number of benzene rings is 3. The highest BCUT2D eigenvalue weighted by atomic mass is 16.5. The molecule has 0 aliphatic carbocycles. The molecule has 0 atom stereocenters. The van der Waals surface area contributed by atoms with E-state index in [1.54, 1.807) is 0 Å². The van der Waals surface area contributed by atoms with Crippen molar-refractivity contribution in [2.24, 2.45) is 0 Å². The van der Waals surface area contributed by atoms with Gasteiger partial charge in [0.2, 0.25) is 0 Å². The zero-order valence-corrected chi connectivity index (χ0v) is 14.7. The highest BCUT2D eigenvalue weighted by Gasteiger charge is 2.10. The lowest BCUT2D eigenvalue weighted by atomic mass is 10.0. The highest BCUT2D eigenvalue weighted by molar-refractivity contribution is 5.87. The van der Waals surface area contributed by atoms with E-state index < -0.39 is 0 Å². The van der Waals surface area contributed by atoms with Crippen LogP contribution >= 0.6 is 0 Å². The van der Waals surface area contributed by atoms with Crippen LogP contribution < -0.4 is 10.1 Å². The average Bonchev–Trinajstić information content (AvgIpc) is 2.58. The molecule has 24 heavy (non-hydrogen) atoms. The maximum absolute atomic E-state index is 6.18. The predicted molar refractivity (Wildman–Crippen MR) is 101 cm³/mol. The topological polar surface area (TPSA) is 21.3 Å². The largest absolute Gasteiger partial charge is 0.489 e. The van der Waals surface area contributed by atoms with Crippen LogP contribution in [0, 0.1) is 6.92 Å². The summed E-state index contributed by atoms with van der Waals surface area (Å²) in [7, 11) is 0. The molecule has 0 saturated heterocycles. The molecule has 0 aliphatic heterocycles. The van der Waals surface area contributed by atoms with Crippen LogP contribution in [0.5, 0.6) is 5.75 Å². The van der Waals surface area contributed by atoms with Gasteiger partial charge in [0.05, 0.1) is 0 Å². The van der Waals surface area contributed by atoms with Crippen molar-refractivity contribution >= 4 is 10.8 Å². The fraction of sp³-hybridized carbons (Fsp3) is 0.273. The van der Waals surface area contributed by atoms with Crippen molar-refractivity contribution in [1.82, 2.24) is 5.32 Å². The van der Waals surface area contributed by atoms with E-state index in [2.05, 4.69) is 86.8 Å². The smallest absolute Gasteiger partial charge is 0.124 e. The normalized spacial score (nSPS) is 11.2. The second kappa shape index (κ2) is 7.50. The second-order valence-corrected chi connectivity index (χ2v) is 6.58. The monoisotopic (exact) mass is 319 g/mol. The predicted octanol–water partition coefficient (Wildman–Crippen LogP) is 5.23. The van der Waals surface area contributed by atoms with Crippen LogP contribution in [0.1, 0.15) is 30.5 Å². The average molecular weight is 319 g/mol. The van der Waals surface area contributed by atoms with Gasteiger partial charge in [0.25, 0.3) is 0 Å². The fourth-order valence-electron chi connectivity index (χ4n) is 2.90. The molecule has 0 radical (unpaired) electrons. The minimum absolute atomic E-state index is 0.439. The Hall–Kier alpha value is -2.32. The van der Waals surface area contributed by atoms with Crippen molar-refractivity contribution < 1.29 is 4.74 Å². The zero-order valence-electron chi connectivity index (χ0n) is 14.7. The van der Waals surface area contributed by atoms with Gasteiger partial charge in [-0.05, 0) is 29.3 Å². The summed E-state index contributed by atoms with van der Waals surface area (Å²) in [5.74, 6) is 0.961. The van der Waals surface area contributed by atoms with Crippen molar-refractivity contribution in [3.05, 3.63) is 77.4 Å². The molecule has 1 N–H and O–H groups in total. The van der Waals surface area contributed by atoms with E-state index in [-0.39, 0.29) is 0 Å². The summed E-state index contributed by atoms with van der Waals surface area (Å²) in [6, 6.07) is 21.6. The quantitative estimate of drug-likeness (QED) is 0.672. The Labute approximate surface area is 144 Å². The Kier molecular flexibility index (Phi) is 5.17. The summed E-state index contributed by atoms with van der Waals surface area (Å²) in [5, 5.41) is 6.03. The number of fused-ring (bicyclic) bond motifs is 1. The minimum atomic E-state index is 0.439. The molecule has 0 spiro atoms. The maximum atomic E-state index is 6.18. The van der Waals surface area contributed by atoms with Gasteiger partial charge in [0, 0.05) is 18.2 Å². The zero-order chi connectivity index (χ0) is 16.9. The lowest BCUT2D eigenvalue weighted by Gasteiger charge is -2.16. The van der Waals surface area contributed by atoms with Gasteiger partial charge in [-0.15, -0.1) is 0 Å². The van der Waals surface area contributed by atoms with Crippen molar-refractivity contribution in [2.45, 2.75) is 40.0 Å². The number of nitrogens with one attached hydrogen (secondary N) is 1. The summed E-state index contributed by atoms with van der Waals surface area (Å²) in [4.78, 5) is 0. The van der Waals surface area contributed by atoms with Gasteiger partial charge in [0.15, 0.2) is 0 Å². The van der Waals surface area contributed by atoms with Crippen LogP contribution in [0.2, 0.25) is 0 Å². The molecule has 0 aromatic heterocycles. The number of rotatable bonds is 6. The van der Waals surface area contributed by atoms with E-state index in [9.17, 15) is 0 Å². The van der Waals surface area contributed by atoms with Crippen LogP contribution in [0.4, 0.5) is 0 Å². The van der Waals surface area contributed by atoms with Gasteiger partial charge in [0.1, 0.15) is 12.4 Å². The van der Waals surface area contributed by atoms with Crippen LogP contribution in [0.3, 0.4) is 0 Å². The molecular formula is C22H25NO. The number of ether oxygens (including phenoxy) is 1. The first-order valence-electron chi connectivity index (χ1n) is 8.56. The molecule has 0 fully saturated rings. The number of aryl methyl sites for hydroxylation is 1. The lowest BCUT2D eigenvalue weighted by Crippen LogP contribution is -2.22. The first-order valence-corrected chi connectivity index (χ1v) is 8.56. The Morgan fingerprint density at radius 3 is 2.58 bits per heavy atom. The molecule has 3 aromatic carbocycles. The van der Waals surface area contributed by atoms with E-state index in [0.29, 0.717) is 12.6 Å². The Bertz CT molecular complexity index is 823. The molecule has 0 bridgehead atoms. The highest BCUT2D eigenvalue weighted by Crippen LogP contribution is 2.29. The van der Waals surface area contributed by atoms with Gasteiger partial charge in [-0.2, -0.15) is 0 Å². The Balaban J connectivity index is 1.89. The summed E-state index contributed by atoms with van der Waals surface area (Å²) in [6.45, 7) is 7.84. The molecular weight excluding hydrogens is 294 g/mol. The summed E-state index contributed by atoms with van der Waals surface area (Å²) in [6.07, 6.45) is 0. The molecule has 3 rings (SSSR count).